The Morgan fingerprint density at radius 1 is 1.48 bits per heavy atom. The number of anilines is 1. The van der Waals surface area contributed by atoms with Gasteiger partial charge >= 0.3 is 0 Å². The summed E-state index contributed by atoms with van der Waals surface area (Å²) in [6.07, 6.45) is 7.37. The molecule has 1 fully saturated rings. The average molecular weight is 293 g/mol. The standard InChI is InChI=1S/C14H23N5O2/c1-10(15)3-2-4-13(20)18-12-7-16-19(8-12)9-14(21)17-11-5-6-11/h7-8,10-11H,2-6,9,15H2,1H3,(H,17,21)(H,18,20). The van der Waals surface area contributed by atoms with Gasteiger partial charge in [0, 0.05) is 24.7 Å². The van der Waals surface area contributed by atoms with Gasteiger partial charge in [0.05, 0.1) is 11.9 Å². The molecule has 1 saturated carbocycles. The minimum absolute atomic E-state index is 0.0459. The van der Waals surface area contributed by atoms with E-state index in [0.717, 1.165) is 25.7 Å². The summed E-state index contributed by atoms with van der Waals surface area (Å²) in [4.78, 5) is 23.3. The Labute approximate surface area is 124 Å². The third-order valence-electron chi connectivity index (χ3n) is 3.23. The van der Waals surface area contributed by atoms with Crippen molar-refractivity contribution in [2.75, 3.05) is 5.32 Å². The maximum Gasteiger partial charge on any atom is 0.241 e. The molecule has 2 rings (SSSR count). The largest absolute Gasteiger partial charge is 0.352 e. The Morgan fingerprint density at radius 3 is 2.90 bits per heavy atom. The normalized spacial score (nSPS) is 15.5. The highest BCUT2D eigenvalue weighted by Crippen LogP contribution is 2.18. The molecule has 4 N–H and O–H groups in total. The lowest BCUT2D eigenvalue weighted by Gasteiger charge is -2.05. The summed E-state index contributed by atoms with van der Waals surface area (Å²) < 4.78 is 1.52. The van der Waals surface area contributed by atoms with E-state index in [9.17, 15) is 9.59 Å². The smallest absolute Gasteiger partial charge is 0.241 e. The van der Waals surface area contributed by atoms with E-state index >= 15 is 0 Å². The zero-order valence-electron chi connectivity index (χ0n) is 12.3. The lowest BCUT2D eigenvalue weighted by molar-refractivity contribution is -0.122. The fraction of sp³-hybridized carbons (Fsp3) is 0.643. The van der Waals surface area contributed by atoms with E-state index in [0.29, 0.717) is 18.2 Å². The number of hydrogen-bond donors (Lipinski definition) is 3. The lowest BCUT2D eigenvalue weighted by Crippen LogP contribution is -2.29. The van der Waals surface area contributed by atoms with Crippen molar-refractivity contribution in [3.63, 3.8) is 0 Å². The molecule has 1 aliphatic rings. The fourth-order valence-corrected chi connectivity index (χ4v) is 1.97. The van der Waals surface area contributed by atoms with Gasteiger partial charge in [-0.3, -0.25) is 14.3 Å². The SMILES string of the molecule is CC(N)CCCC(=O)Nc1cnn(CC(=O)NC2CC2)c1. The van der Waals surface area contributed by atoms with Crippen LogP contribution in [0.1, 0.15) is 39.0 Å². The summed E-state index contributed by atoms with van der Waals surface area (Å²) in [5.41, 5.74) is 6.25. The number of rotatable bonds is 8. The van der Waals surface area contributed by atoms with E-state index in [1.807, 2.05) is 6.92 Å². The van der Waals surface area contributed by atoms with Crippen molar-refractivity contribution >= 4 is 17.5 Å². The second-order valence-electron chi connectivity index (χ2n) is 5.69. The fourth-order valence-electron chi connectivity index (χ4n) is 1.97. The van der Waals surface area contributed by atoms with Gasteiger partial charge in [0.2, 0.25) is 11.8 Å². The summed E-state index contributed by atoms with van der Waals surface area (Å²) in [7, 11) is 0. The first-order chi connectivity index (χ1) is 10.0. The van der Waals surface area contributed by atoms with Crippen LogP contribution < -0.4 is 16.4 Å². The van der Waals surface area contributed by atoms with Crippen LogP contribution in [0.4, 0.5) is 5.69 Å². The zero-order chi connectivity index (χ0) is 15.2. The van der Waals surface area contributed by atoms with Crippen LogP contribution in [0.5, 0.6) is 0 Å². The predicted octanol–water partition coefficient (Wildman–Crippen LogP) is 0.618. The number of aromatic nitrogens is 2. The summed E-state index contributed by atoms with van der Waals surface area (Å²) >= 11 is 0. The molecular weight excluding hydrogens is 270 g/mol. The lowest BCUT2D eigenvalue weighted by atomic mass is 10.1. The molecule has 0 aliphatic heterocycles. The van der Waals surface area contributed by atoms with Crippen molar-refractivity contribution in [1.82, 2.24) is 15.1 Å². The number of nitrogens with two attached hydrogens (primary N) is 1. The maximum absolute atomic E-state index is 11.7. The molecule has 1 aromatic heterocycles. The van der Waals surface area contributed by atoms with Gasteiger partial charge in [-0.25, -0.2) is 0 Å². The molecule has 1 atom stereocenters. The molecule has 7 nitrogen and oxygen atoms in total. The predicted molar refractivity (Wildman–Crippen MR) is 79.5 cm³/mol. The third-order valence-corrected chi connectivity index (χ3v) is 3.23. The van der Waals surface area contributed by atoms with Gasteiger partial charge in [0.1, 0.15) is 6.54 Å². The number of nitrogens with zero attached hydrogens (tertiary/aromatic N) is 2. The van der Waals surface area contributed by atoms with Gasteiger partial charge < -0.3 is 16.4 Å². The Morgan fingerprint density at radius 2 is 2.24 bits per heavy atom. The van der Waals surface area contributed by atoms with Gasteiger partial charge in [-0.05, 0) is 32.6 Å². The third kappa shape index (κ3) is 5.95. The molecule has 7 heteroatoms. The summed E-state index contributed by atoms with van der Waals surface area (Å²) in [6, 6.07) is 0.461. The van der Waals surface area contributed by atoms with Gasteiger partial charge in [0.15, 0.2) is 0 Å². The van der Waals surface area contributed by atoms with Crippen LogP contribution in [0.25, 0.3) is 0 Å². The first kappa shape index (κ1) is 15.5. The van der Waals surface area contributed by atoms with Crippen molar-refractivity contribution < 1.29 is 9.59 Å². The van der Waals surface area contributed by atoms with Gasteiger partial charge in [-0.2, -0.15) is 5.10 Å². The molecule has 0 aromatic carbocycles. The summed E-state index contributed by atoms with van der Waals surface area (Å²) in [6.45, 7) is 2.10. The molecule has 2 amide bonds. The number of hydrogen-bond acceptors (Lipinski definition) is 4. The van der Waals surface area contributed by atoms with E-state index in [-0.39, 0.29) is 24.4 Å². The van der Waals surface area contributed by atoms with Gasteiger partial charge in [0.25, 0.3) is 0 Å². The van der Waals surface area contributed by atoms with E-state index in [4.69, 9.17) is 5.73 Å². The van der Waals surface area contributed by atoms with Crippen molar-refractivity contribution in [3.8, 4) is 0 Å². The zero-order valence-corrected chi connectivity index (χ0v) is 12.3. The van der Waals surface area contributed by atoms with E-state index in [2.05, 4.69) is 15.7 Å². The molecule has 0 saturated heterocycles. The maximum atomic E-state index is 11.7. The molecule has 116 valence electrons. The Balaban J connectivity index is 1.71. The van der Waals surface area contributed by atoms with Crippen molar-refractivity contribution in [2.24, 2.45) is 5.73 Å². The molecule has 0 bridgehead atoms. The molecule has 21 heavy (non-hydrogen) atoms. The Bertz CT molecular complexity index is 493. The summed E-state index contributed by atoms with van der Waals surface area (Å²) in [5.74, 6) is -0.104. The van der Waals surface area contributed by atoms with Crippen molar-refractivity contribution in [3.05, 3.63) is 12.4 Å². The van der Waals surface area contributed by atoms with Gasteiger partial charge in [-0.1, -0.05) is 0 Å². The number of carbonyl (C=O) groups is 2. The average Bonchev–Trinajstić information content (AvgIpc) is 3.09. The van der Waals surface area contributed by atoms with Crippen molar-refractivity contribution in [2.45, 2.75) is 57.7 Å². The van der Waals surface area contributed by atoms with E-state index in [1.54, 1.807) is 12.4 Å². The number of carbonyl (C=O) groups excluding carboxylic acids is 2. The van der Waals surface area contributed by atoms with Crippen LogP contribution in [0, 0.1) is 0 Å². The second kappa shape index (κ2) is 7.21. The molecule has 1 aliphatic carbocycles. The van der Waals surface area contributed by atoms with Crippen LogP contribution in [0.2, 0.25) is 0 Å². The quantitative estimate of drug-likeness (QED) is 0.653. The molecule has 0 radical (unpaired) electrons. The first-order valence-electron chi connectivity index (χ1n) is 7.40. The van der Waals surface area contributed by atoms with Crippen LogP contribution in [-0.2, 0) is 16.1 Å². The van der Waals surface area contributed by atoms with Crippen molar-refractivity contribution in [1.29, 1.82) is 0 Å². The minimum atomic E-state index is -0.0577. The molecule has 1 unspecified atom stereocenters. The molecular formula is C14H23N5O2. The van der Waals surface area contributed by atoms with Gasteiger partial charge in [-0.15, -0.1) is 0 Å². The monoisotopic (exact) mass is 293 g/mol. The second-order valence-corrected chi connectivity index (χ2v) is 5.69. The Hall–Kier alpha value is -1.89. The van der Waals surface area contributed by atoms with Crippen LogP contribution in [0.15, 0.2) is 12.4 Å². The summed E-state index contributed by atoms with van der Waals surface area (Å²) in [5, 5.41) is 9.73. The van der Waals surface area contributed by atoms with E-state index < -0.39 is 0 Å². The van der Waals surface area contributed by atoms with E-state index in [1.165, 1.54) is 4.68 Å². The highest BCUT2D eigenvalue weighted by molar-refractivity contribution is 5.90. The molecule has 1 heterocycles. The van der Waals surface area contributed by atoms with Crippen LogP contribution in [0.3, 0.4) is 0 Å². The first-order valence-corrected chi connectivity index (χ1v) is 7.40. The van der Waals surface area contributed by atoms with Crippen LogP contribution >= 0.6 is 0 Å². The minimum Gasteiger partial charge on any atom is -0.352 e. The number of amides is 2. The molecule has 0 spiro atoms. The highest BCUT2D eigenvalue weighted by atomic mass is 16.2. The highest BCUT2D eigenvalue weighted by Gasteiger charge is 2.23. The number of nitrogens with one attached hydrogen (secondary N) is 2. The van der Waals surface area contributed by atoms with Crippen LogP contribution in [-0.4, -0.2) is 33.7 Å². The Kier molecular flexibility index (Phi) is 5.32. The molecule has 1 aromatic rings. The topological polar surface area (TPSA) is 102 Å².